The Hall–Kier alpha value is -3.60. The lowest BCUT2D eigenvalue weighted by molar-refractivity contribution is -0.192. The Balaban J connectivity index is 1.63. The van der Waals surface area contributed by atoms with Crippen molar-refractivity contribution in [1.82, 2.24) is 15.1 Å². The van der Waals surface area contributed by atoms with E-state index < -0.39 is 59.7 Å². The molecule has 0 aromatic heterocycles. The lowest BCUT2D eigenvalue weighted by Gasteiger charge is -2.55. The van der Waals surface area contributed by atoms with Crippen LogP contribution >= 0.6 is 0 Å². The summed E-state index contributed by atoms with van der Waals surface area (Å²) in [6.45, 7) is 5.34. The van der Waals surface area contributed by atoms with Gasteiger partial charge >= 0.3 is 0 Å². The second kappa shape index (κ2) is 10.2. The van der Waals surface area contributed by atoms with Crippen molar-refractivity contribution in [3.8, 4) is 5.75 Å². The number of phenolic OH excluding ortho intramolecular Hbond substituents is 1. The molecule has 2 aliphatic heterocycles. The lowest BCUT2D eigenvalue weighted by Crippen LogP contribution is -2.79. The van der Waals surface area contributed by atoms with Gasteiger partial charge in [-0.25, -0.2) is 13.2 Å². The van der Waals surface area contributed by atoms with Gasteiger partial charge < -0.3 is 25.3 Å². The number of hydrogen-bond acceptors (Lipinski definition) is 5. The van der Waals surface area contributed by atoms with Crippen LogP contribution in [0, 0.1) is 18.7 Å². The minimum absolute atomic E-state index is 0.0673. The summed E-state index contributed by atoms with van der Waals surface area (Å²) in [5.41, 5.74) is -1.28. The molecular weight excluding hydrogens is 515 g/mol. The molecule has 2 saturated heterocycles. The topological polar surface area (TPSA) is 110 Å². The number of benzene rings is 2. The van der Waals surface area contributed by atoms with Crippen molar-refractivity contribution in [1.29, 1.82) is 0 Å². The maximum absolute atomic E-state index is 15.3. The van der Waals surface area contributed by atoms with Crippen LogP contribution < -0.4 is 5.32 Å². The first-order chi connectivity index (χ1) is 18.2. The number of fused-ring (bicyclic) bond motifs is 1. The number of halogens is 3. The fourth-order valence-electron chi connectivity index (χ4n) is 5.46. The van der Waals surface area contributed by atoms with E-state index in [9.17, 15) is 29.0 Å². The van der Waals surface area contributed by atoms with Crippen LogP contribution in [0.5, 0.6) is 5.75 Å². The molecule has 0 spiro atoms. The fourth-order valence-corrected chi connectivity index (χ4v) is 5.46. The third-order valence-electron chi connectivity index (χ3n) is 7.69. The first-order valence-electron chi connectivity index (χ1n) is 12.7. The van der Waals surface area contributed by atoms with Gasteiger partial charge in [-0.15, -0.1) is 0 Å². The molecule has 2 aliphatic rings. The number of amides is 3. The number of aliphatic hydroxyl groups excluding tert-OH is 1. The number of nitrogens with zero attached hydrogens (tertiary/aromatic N) is 2. The van der Waals surface area contributed by atoms with Crippen molar-refractivity contribution in [3.05, 3.63) is 65.0 Å². The highest BCUT2D eigenvalue weighted by atomic mass is 19.3. The van der Waals surface area contributed by atoms with E-state index in [-0.39, 0.29) is 35.8 Å². The Kier molecular flexibility index (Phi) is 7.41. The van der Waals surface area contributed by atoms with Crippen LogP contribution in [0.1, 0.15) is 42.3 Å². The molecule has 2 aromatic rings. The third kappa shape index (κ3) is 4.84. The van der Waals surface area contributed by atoms with E-state index in [1.165, 1.54) is 50.2 Å². The van der Waals surface area contributed by atoms with Gasteiger partial charge in [0.15, 0.2) is 6.10 Å². The Morgan fingerprint density at radius 2 is 1.85 bits per heavy atom. The van der Waals surface area contributed by atoms with Gasteiger partial charge in [-0.2, -0.15) is 0 Å². The Morgan fingerprint density at radius 1 is 1.18 bits per heavy atom. The lowest BCUT2D eigenvalue weighted by atomic mass is 9.77. The summed E-state index contributed by atoms with van der Waals surface area (Å²) in [4.78, 5) is 41.3. The second-order valence-electron chi connectivity index (χ2n) is 10.9. The second-order valence-corrected chi connectivity index (χ2v) is 10.9. The third-order valence-corrected chi connectivity index (χ3v) is 7.69. The highest BCUT2D eigenvalue weighted by molar-refractivity contribution is 5.99. The molecule has 0 bridgehead atoms. The molecule has 39 heavy (non-hydrogen) atoms. The molecule has 8 nitrogen and oxygen atoms in total. The molecule has 2 aromatic carbocycles. The van der Waals surface area contributed by atoms with Crippen molar-refractivity contribution < 1.29 is 37.8 Å². The SMILES string of the molecule is Cc1c(O)cccc1C(=O)N[C@@H](Cc1cccc(F)c1)[C@H](O)C(=O)N1CC(F)(F)C2(C)[C@H]1C(=O)N2CC(C)C. The van der Waals surface area contributed by atoms with E-state index in [2.05, 4.69) is 5.32 Å². The molecule has 0 aliphatic carbocycles. The zero-order valence-corrected chi connectivity index (χ0v) is 22.1. The Labute approximate surface area is 224 Å². The summed E-state index contributed by atoms with van der Waals surface area (Å²) < 4.78 is 44.4. The Morgan fingerprint density at radius 3 is 2.49 bits per heavy atom. The molecule has 2 fully saturated rings. The van der Waals surface area contributed by atoms with Crippen LogP contribution in [0.4, 0.5) is 13.2 Å². The molecule has 0 radical (unpaired) electrons. The van der Waals surface area contributed by atoms with Gasteiger partial charge in [0, 0.05) is 17.7 Å². The summed E-state index contributed by atoms with van der Waals surface area (Å²) >= 11 is 0. The van der Waals surface area contributed by atoms with Crippen molar-refractivity contribution in [3.63, 3.8) is 0 Å². The van der Waals surface area contributed by atoms with Gasteiger partial charge in [-0.1, -0.05) is 32.0 Å². The van der Waals surface area contributed by atoms with Gasteiger partial charge in [-0.3, -0.25) is 14.4 Å². The van der Waals surface area contributed by atoms with Crippen LogP contribution in [-0.2, 0) is 16.0 Å². The number of likely N-dealkylation sites (tertiary alicyclic amines) is 2. The molecule has 0 saturated carbocycles. The summed E-state index contributed by atoms with van der Waals surface area (Å²) in [5.74, 6) is -6.76. The number of nitrogens with one attached hydrogen (secondary N) is 1. The molecule has 3 amide bonds. The summed E-state index contributed by atoms with van der Waals surface area (Å²) in [7, 11) is 0. The van der Waals surface area contributed by atoms with Crippen LogP contribution in [0.25, 0.3) is 0 Å². The molecule has 210 valence electrons. The van der Waals surface area contributed by atoms with Crippen molar-refractivity contribution in [2.75, 3.05) is 13.1 Å². The van der Waals surface area contributed by atoms with Crippen molar-refractivity contribution in [2.45, 2.75) is 63.8 Å². The molecular formula is C28H32F3N3O5. The highest BCUT2D eigenvalue weighted by Crippen LogP contribution is 2.52. The van der Waals surface area contributed by atoms with Gasteiger partial charge in [-0.05, 0) is 56.0 Å². The molecule has 4 atom stereocenters. The average Bonchev–Trinajstić information content (AvgIpc) is 3.05. The monoisotopic (exact) mass is 547 g/mol. The maximum atomic E-state index is 15.3. The molecule has 3 N–H and O–H groups in total. The first kappa shape index (κ1) is 28.4. The number of rotatable bonds is 8. The number of carbonyl (C=O) groups is 3. The molecule has 2 heterocycles. The van der Waals surface area contributed by atoms with E-state index in [1.807, 2.05) is 0 Å². The normalized spacial score (nSPS) is 23.3. The zero-order valence-electron chi connectivity index (χ0n) is 22.1. The fraction of sp³-hybridized carbons (Fsp3) is 0.464. The van der Waals surface area contributed by atoms with E-state index in [0.717, 1.165) is 11.0 Å². The van der Waals surface area contributed by atoms with E-state index >= 15 is 8.78 Å². The van der Waals surface area contributed by atoms with Crippen molar-refractivity contribution in [2.24, 2.45) is 5.92 Å². The van der Waals surface area contributed by atoms with Crippen LogP contribution in [0.3, 0.4) is 0 Å². The standard InChI is InChI=1S/C28H32F3N3O5/c1-15(2)13-34-26(39)23-27(34,4)28(30,31)14-33(23)25(38)22(36)20(12-17-7-5-8-18(29)11-17)32-24(37)19-9-6-10-21(35)16(19)3/h5-11,15,20,22-23,35-36H,12-14H2,1-4H3,(H,32,37)/t20-,22-,23+,27?/m0/s1. The van der Waals surface area contributed by atoms with Crippen molar-refractivity contribution >= 4 is 17.7 Å². The quantitative estimate of drug-likeness (QED) is 0.441. The zero-order chi connectivity index (χ0) is 28.9. The first-order valence-corrected chi connectivity index (χ1v) is 12.7. The average molecular weight is 548 g/mol. The number of aliphatic hydroxyl groups is 1. The number of β-lactam (4-membered cyclic amide) rings is 1. The highest BCUT2D eigenvalue weighted by Gasteiger charge is 2.77. The number of aromatic hydroxyl groups is 1. The number of carbonyl (C=O) groups excluding carboxylic acids is 3. The van der Waals surface area contributed by atoms with Crippen LogP contribution in [0.15, 0.2) is 42.5 Å². The summed E-state index contributed by atoms with van der Waals surface area (Å²) in [5, 5.41) is 23.7. The molecule has 1 unspecified atom stereocenters. The van der Waals surface area contributed by atoms with E-state index in [4.69, 9.17) is 0 Å². The largest absolute Gasteiger partial charge is 0.508 e. The minimum Gasteiger partial charge on any atom is -0.508 e. The Bertz CT molecular complexity index is 1300. The molecule has 11 heteroatoms. The smallest absolute Gasteiger partial charge is 0.290 e. The van der Waals surface area contributed by atoms with E-state index in [0.29, 0.717) is 10.5 Å². The van der Waals surface area contributed by atoms with Gasteiger partial charge in [0.2, 0.25) is 5.91 Å². The number of alkyl halides is 2. The summed E-state index contributed by atoms with van der Waals surface area (Å²) in [6.07, 6.45) is -2.24. The van der Waals surface area contributed by atoms with Crippen LogP contribution in [-0.4, -0.2) is 80.5 Å². The number of phenols is 1. The number of hydrogen-bond donors (Lipinski definition) is 3. The predicted molar refractivity (Wildman–Crippen MR) is 136 cm³/mol. The summed E-state index contributed by atoms with van der Waals surface area (Å²) in [6, 6.07) is 6.74. The van der Waals surface area contributed by atoms with Gasteiger partial charge in [0.05, 0.1) is 12.6 Å². The predicted octanol–water partition coefficient (Wildman–Crippen LogP) is 2.64. The minimum atomic E-state index is -3.43. The van der Waals surface area contributed by atoms with Crippen LogP contribution in [0.2, 0.25) is 0 Å². The van der Waals surface area contributed by atoms with Gasteiger partial charge in [0.1, 0.15) is 23.1 Å². The van der Waals surface area contributed by atoms with E-state index in [1.54, 1.807) is 13.8 Å². The van der Waals surface area contributed by atoms with Gasteiger partial charge in [0.25, 0.3) is 17.7 Å². The molecule has 4 rings (SSSR count). The maximum Gasteiger partial charge on any atom is 0.290 e.